The Morgan fingerprint density at radius 2 is 1.41 bits per heavy atom. The van der Waals surface area contributed by atoms with E-state index >= 15 is 8.78 Å². The van der Waals surface area contributed by atoms with Crippen LogP contribution >= 0.6 is 18.9 Å². The molecule has 1 fully saturated rings. The van der Waals surface area contributed by atoms with Crippen LogP contribution in [-0.2, 0) is 97.8 Å². The molecule has 26 heteroatoms. The van der Waals surface area contributed by atoms with E-state index in [1.54, 1.807) is 55.0 Å². The van der Waals surface area contributed by atoms with E-state index in [2.05, 4.69) is 15.6 Å². The number of allylic oxidation sites excluding steroid dienone is 2. The molecule has 0 saturated carbocycles. The molecule has 5 amide bonds. The number of primary amides is 1. The zero-order chi connectivity index (χ0) is 73.4. The third-order valence-corrected chi connectivity index (χ3v) is 21.0. The number of benzene rings is 4. The first kappa shape index (κ1) is 77.5. The predicted octanol–water partition coefficient (Wildman–Crippen LogP) is 11.2. The number of rotatable bonds is 29. The van der Waals surface area contributed by atoms with E-state index in [4.69, 9.17) is 29.0 Å². The number of nitrogens with two attached hydrogens (primary N) is 1. The summed E-state index contributed by atoms with van der Waals surface area (Å²) in [6.45, 7) is 17.7. The molecule has 3 aliphatic rings. The number of halogens is 2. The lowest BCUT2D eigenvalue weighted by Gasteiger charge is -2.34. The summed E-state index contributed by atoms with van der Waals surface area (Å²) in [5.41, 5.74) is 5.94. The average molecular weight is 1420 g/mol. The number of hydrogen-bond donors (Lipinski definition) is 4. The molecule has 538 valence electrons. The minimum atomic E-state index is -5.61. The number of carbonyl (C=O) groups is 9. The Kier molecular flexibility index (Phi) is 25.0. The van der Waals surface area contributed by atoms with Crippen LogP contribution in [-0.4, -0.2) is 118 Å². The summed E-state index contributed by atoms with van der Waals surface area (Å²) in [6, 6.07) is 21.6. The molecule has 5 aromatic rings. The minimum Gasteiger partial charge on any atom is -0.438 e. The number of carbonyl (C=O) groups excluding carboxylic acids is 9. The molecule has 1 aromatic heterocycles. The molecular weight excluding hydrogens is 1330 g/mol. The number of aromatic nitrogens is 1. The molecule has 7 atom stereocenters. The van der Waals surface area contributed by atoms with E-state index in [0.29, 0.717) is 34.4 Å². The summed E-state index contributed by atoms with van der Waals surface area (Å²) < 4.78 is 72.7. The summed E-state index contributed by atoms with van der Waals surface area (Å²) in [5, 5.41) is 16.8. The van der Waals surface area contributed by atoms with Crippen molar-refractivity contribution >= 4 is 83.2 Å². The number of thiazole rings is 1. The highest BCUT2D eigenvalue weighted by atomic mass is 32.1. The number of ketones is 2. The first-order chi connectivity index (χ1) is 46.9. The van der Waals surface area contributed by atoms with Gasteiger partial charge in [-0.1, -0.05) is 112 Å². The third-order valence-electron chi connectivity index (χ3n) is 18.1. The SMILES string of the molecule is C/C(=C\C(=O)C[C@H]1CCc2cccc3c2N(C1=O)[C@H](C(=O)N[C@@H](CCC(N)=O)[C@@H](C)OCc1ccc(C(=O)C[C@H](C(=O)N2C[C@H](O)CC2C(=O)NCc2ccc(-c4scnc4C)cc2)C(C)(C)C)cc1)C3)c1ccc(C(F)(F)P(=O)(OCOC(=O)C(C)(C)C)OCOC(=O)C(C)(C)C)cc1. The highest BCUT2D eigenvalue weighted by Gasteiger charge is 2.56. The van der Waals surface area contributed by atoms with Crippen LogP contribution < -0.4 is 21.3 Å². The van der Waals surface area contributed by atoms with E-state index in [-0.39, 0.29) is 70.4 Å². The fourth-order valence-corrected chi connectivity index (χ4v) is 14.2. The van der Waals surface area contributed by atoms with Crippen molar-refractivity contribution in [2.45, 2.75) is 184 Å². The maximum absolute atomic E-state index is 16.3. The van der Waals surface area contributed by atoms with E-state index in [1.807, 2.05) is 70.2 Å². The number of nitrogens with zero attached hydrogens (tertiary/aromatic N) is 3. The van der Waals surface area contributed by atoms with Crippen molar-refractivity contribution in [1.29, 1.82) is 0 Å². The van der Waals surface area contributed by atoms with Crippen LogP contribution in [0.15, 0.2) is 103 Å². The van der Waals surface area contributed by atoms with Gasteiger partial charge in [0.1, 0.15) is 12.1 Å². The number of β-amino-alcohol motifs (C(OH)–C–C–N with tert-alkyl or cyclic N) is 1. The van der Waals surface area contributed by atoms with Crippen LogP contribution in [0, 0.1) is 35.0 Å². The first-order valence-corrected chi connectivity index (χ1v) is 35.7. The molecule has 4 heterocycles. The van der Waals surface area contributed by atoms with Gasteiger partial charge in [-0.3, -0.25) is 61.7 Å². The molecule has 1 saturated heterocycles. The molecule has 0 bridgehead atoms. The third kappa shape index (κ3) is 19.1. The topological polar surface area (TPSA) is 307 Å². The lowest BCUT2D eigenvalue weighted by atomic mass is 9.76. The van der Waals surface area contributed by atoms with Gasteiger partial charge >= 0.3 is 25.2 Å². The smallest absolute Gasteiger partial charge is 0.410 e. The van der Waals surface area contributed by atoms with Gasteiger partial charge in [0.2, 0.25) is 43.1 Å². The van der Waals surface area contributed by atoms with Crippen molar-refractivity contribution < 1.29 is 84.9 Å². The van der Waals surface area contributed by atoms with Crippen molar-refractivity contribution in [3.8, 4) is 10.4 Å². The van der Waals surface area contributed by atoms with Gasteiger partial charge in [-0.25, -0.2) is 4.98 Å². The van der Waals surface area contributed by atoms with Gasteiger partial charge in [0.05, 0.1) is 63.4 Å². The van der Waals surface area contributed by atoms with Crippen molar-refractivity contribution in [1.82, 2.24) is 20.5 Å². The molecule has 100 heavy (non-hydrogen) atoms. The Bertz CT molecular complexity index is 3900. The van der Waals surface area contributed by atoms with E-state index in [0.717, 1.165) is 45.0 Å². The zero-order valence-electron chi connectivity index (χ0n) is 58.7. The number of ether oxygens (including phenoxy) is 3. The summed E-state index contributed by atoms with van der Waals surface area (Å²) in [6.07, 6.45) is 0.0137. The predicted molar refractivity (Wildman–Crippen MR) is 371 cm³/mol. The van der Waals surface area contributed by atoms with E-state index in [9.17, 15) is 52.8 Å². The van der Waals surface area contributed by atoms with Crippen LogP contribution in [0.2, 0.25) is 0 Å². The molecule has 0 radical (unpaired) electrons. The number of aliphatic hydroxyl groups excluding tert-OH is 1. The summed E-state index contributed by atoms with van der Waals surface area (Å²) in [7, 11) is -5.61. The number of nitrogens with one attached hydrogen (secondary N) is 2. The number of likely N-dealkylation sites (tertiary alicyclic amines) is 1. The Hall–Kier alpha value is -8.19. The molecule has 8 rings (SSSR count). The van der Waals surface area contributed by atoms with E-state index in [1.165, 1.54) is 69.6 Å². The van der Waals surface area contributed by atoms with Crippen LogP contribution in [0.3, 0.4) is 0 Å². The number of amides is 5. The fraction of sp³-hybridized carbons (Fsp3) is 0.486. The van der Waals surface area contributed by atoms with Crippen molar-refractivity contribution in [3.05, 3.63) is 147 Å². The standard InChI is InChI=1S/C74H91F2N6O16PS/c1-43(48-26-28-54(29-27-48)74(75,76)99(93,97-41-95-69(91)72(7,8)9)98-42-96-70(92)73(10,11)12)32-55(83)33-53-25-24-50-14-13-15-52-34-60(82(63(50)52)67(53)89)66(88)80-58(30-31-62(77)86)45(3)94-39-47-18-20-49(21-19-47)61(85)36-57(71(4,5)6)68(90)81-38-56(84)35-59(81)65(87)78-37-46-16-22-51(23-17-46)64-44(2)79-40-100-64/h13-23,26-29,32,40,45,53,56-60,84H,24-25,30-31,33-39,41-42H2,1-12H3,(H2,77,86)(H,78,87)(H,80,88)/b43-32+/t45-,53-,56-,57-,58+,59?,60+/m1/s1. The number of aliphatic hydroxyl groups is 1. The average Bonchev–Trinajstić information content (AvgIpc) is 1.57. The van der Waals surface area contributed by atoms with Crippen LogP contribution in [0.25, 0.3) is 16.0 Å². The molecule has 3 aliphatic heterocycles. The maximum Gasteiger partial charge on any atom is 0.410 e. The van der Waals surface area contributed by atoms with Crippen molar-refractivity contribution in [2.75, 3.05) is 25.0 Å². The number of Topliss-reactive ketones (excluding diaryl/α,β-unsaturated/α-hetero) is 1. The van der Waals surface area contributed by atoms with Gasteiger partial charge in [0, 0.05) is 62.2 Å². The summed E-state index contributed by atoms with van der Waals surface area (Å²) >= 11 is 1.54. The lowest BCUT2D eigenvalue weighted by Crippen LogP contribution is -2.54. The molecule has 1 unspecified atom stereocenters. The van der Waals surface area contributed by atoms with Crippen molar-refractivity contribution in [2.24, 2.45) is 33.8 Å². The monoisotopic (exact) mass is 1420 g/mol. The largest absolute Gasteiger partial charge is 0.438 e. The number of anilines is 1. The molecular formula is C74H91F2N6O16PS. The number of hydrogen-bond acceptors (Lipinski definition) is 18. The zero-order valence-corrected chi connectivity index (χ0v) is 60.4. The summed E-state index contributed by atoms with van der Waals surface area (Å²) in [5.74, 6) is -6.62. The highest BCUT2D eigenvalue weighted by molar-refractivity contribution is 7.54. The van der Waals surface area contributed by atoms with Crippen LogP contribution in [0.4, 0.5) is 14.5 Å². The normalized spacial score (nSPS) is 18.3. The molecule has 0 spiro atoms. The molecule has 5 N–H and O–H groups in total. The maximum atomic E-state index is 16.3. The van der Waals surface area contributed by atoms with Gasteiger partial charge in [-0.05, 0) is 132 Å². The quantitative estimate of drug-likeness (QED) is 0.0114. The van der Waals surface area contributed by atoms with Gasteiger partial charge in [0.15, 0.2) is 11.6 Å². The number of para-hydroxylation sites is 1. The van der Waals surface area contributed by atoms with Crippen LogP contribution in [0.5, 0.6) is 0 Å². The second-order valence-corrected chi connectivity index (χ2v) is 31.9. The van der Waals surface area contributed by atoms with Gasteiger partial charge in [0.25, 0.3) is 0 Å². The fourth-order valence-electron chi connectivity index (χ4n) is 12.1. The number of aryl methyl sites for hydroxylation is 2. The summed E-state index contributed by atoms with van der Waals surface area (Å²) in [4.78, 5) is 131. The van der Waals surface area contributed by atoms with Gasteiger partial charge < -0.3 is 40.6 Å². The minimum absolute atomic E-state index is 0.0143. The molecule has 0 aliphatic carbocycles. The van der Waals surface area contributed by atoms with Crippen molar-refractivity contribution in [3.63, 3.8) is 0 Å². The highest BCUT2D eigenvalue weighted by Crippen LogP contribution is 2.67. The second kappa shape index (κ2) is 32.2. The van der Waals surface area contributed by atoms with E-state index < -0.39 is 138 Å². The molecule has 4 aromatic carbocycles. The second-order valence-electron chi connectivity index (χ2n) is 29.0. The first-order valence-electron chi connectivity index (χ1n) is 33.3. The Morgan fingerprint density at radius 3 is 1.99 bits per heavy atom. The van der Waals surface area contributed by atoms with Gasteiger partial charge in [-0.2, -0.15) is 8.78 Å². The molecule has 22 nitrogen and oxygen atoms in total. The Balaban J connectivity index is 0.882. The Labute approximate surface area is 586 Å². The van der Waals surface area contributed by atoms with Gasteiger partial charge in [-0.15, -0.1) is 11.3 Å². The number of esters is 2. The lowest BCUT2D eigenvalue weighted by molar-refractivity contribution is -0.163. The number of alkyl halides is 2. The van der Waals surface area contributed by atoms with Crippen LogP contribution in [0.1, 0.15) is 164 Å². The Morgan fingerprint density at radius 1 is 0.810 bits per heavy atom.